The number of fused-ring (bicyclic) bond motifs is 8. The van der Waals surface area contributed by atoms with Crippen LogP contribution >= 0.6 is 0 Å². The number of rotatable bonds is 7. The number of piperidine rings is 2. The van der Waals surface area contributed by atoms with E-state index in [9.17, 15) is 15.3 Å². The van der Waals surface area contributed by atoms with E-state index in [0.717, 1.165) is 76.9 Å². The van der Waals surface area contributed by atoms with E-state index < -0.39 is 5.60 Å². The van der Waals surface area contributed by atoms with Crippen molar-refractivity contribution in [2.75, 3.05) is 26.8 Å². The monoisotopic (exact) mass is 662 g/mol. The molecule has 2 heterocycles. The fraction of sp³-hybridized carbons (Fsp3) is 0.860. The lowest BCUT2D eigenvalue weighted by Crippen LogP contribution is -2.67. The van der Waals surface area contributed by atoms with Crippen molar-refractivity contribution in [1.29, 1.82) is 0 Å². The largest absolute Gasteiger partial charge is 0.393 e. The first-order valence-corrected chi connectivity index (χ1v) is 20.4. The quantitative estimate of drug-likeness (QED) is 0.262. The summed E-state index contributed by atoms with van der Waals surface area (Å²) in [4.78, 5) is 2.71. The highest BCUT2D eigenvalue weighted by Gasteiger charge is 2.67. The molecule has 16 atom stereocenters. The fourth-order valence-corrected chi connectivity index (χ4v) is 14.9. The first kappa shape index (κ1) is 34.1. The molecule has 7 fully saturated rings. The molecule has 8 rings (SSSR count). The molecule has 48 heavy (non-hydrogen) atoms. The average molecular weight is 662 g/mol. The molecule has 1 aromatic carbocycles. The lowest BCUT2D eigenvalue weighted by atomic mass is 9.46. The number of methoxy groups -OCH3 is 1. The van der Waals surface area contributed by atoms with E-state index in [1.54, 1.807) is 0 Å². The maximum Gasteiger partial charge on any atom is 0.0805 e. The molecule has 1 spiro atoms. The standard InChI is InChI=1S/C43H67NO4/c1-27-12-15-39-42(3,47)35-14-13-31-32(34(35)25-44(39)24-27)20-36-33(31)21-38(45)37-22-40(46)43(26-41(36,37)2)17-16-28(23-43)19-30(11-8-18-48-4)29-9-6-5-7-10-29/h5-7,9-10,27-28,30-40,45-47H,8,11-26H2,1-4H3/t27-,28-,30-,31+,32+,33+,34+,35-,36-,37+,38+,39-,40-,41-,42+,43-/m1/s1. The van der Waals surface area contributed by atoms with E-state index >= 15 is 0 Å². The molecule has 7 aliphatic rings. The lowest BCUT2D eigenvalue weighted by Gasteiger charge is -2.60. The highest BCUT2D eigenvalue weighted by Crippen LogP contribution is 2.71. The van der Waals surface area contributed by atoms with E-state index in [1.807, 2.05) is 7.11 Å². The number of nitrogens with zero attached hydrogens (tertiary/aromatic N) is 1. The Bertz CT molecular complexity index is 1270. The molecule has 3 N–H and O–H groups in total. The second-order valence-corrected chi connectivity index (χ2v) is 19.4. The average Bonchev–Trinajstić information content (AvgIpc) is 3.64. The number of hydrogen-bond donors (Lipinski definition) is 3. The summed E-state index contributed by atoms with van der Waals surface area (Å²) in [5.41, 5.74) is 0.947. The van der Waals surface area contributed by atoms with E-state index in [2.05, 4.69) is 56.0 Å². The second-order valence-electron chi connectivity index (χ2n) is 19.4. The van der Waals surface area contributed by atoms with Crippen LogP contribution in [-0.4, -0.2) is 70.9 Å². The van der Waals surface area contributed by atoms with E-state index in [1.165, 1.54) is 44.2 Å². The third kappa shape index (κ3) is 5.58. The van der Waals surface area contributed by atoms with Gasteiger partial charge in [0.2, 0.25) is 0 Å². The molecule has 0 aromatic heterocycles. The predicted molar refractivity (Wildman–Crippen MR) is 191 cm³/mol. The van der Waals surface area contributed by atoms with Crippen molar-refractivity contribution in [3.8, 4) is 0 Å². The molecule has 0 unspecified atom stereocenters. The zero-order valence-corrected chi connectivity index (χ0v) is 30.6. The molecule has 0 radical (unpaired) electrons. The molecule has 0 bridgehead atoms. The van der Waals surface area contributed by atoms with Crippen molar-refractivity contribution in [3.63, 3.8) is 0 Å². The van der Waals surface area contributed by atoms with Crippen LogP contribution in [-0.2, 0) is 4.74 Å². The third-order valence-corrected chi connectivity index (χ3v) is 16.9. The number of hydrogen-bond acceptors (Lipinski definition) is 5. The van der Waals surface area contributed by atoms with Crippen molar-refractivity contribution >= 4 is 0 Å². The SMILES string of the molecule is COCCC[C@H](C[C@H]1CC[C@@]2(C1)C[C@]1(C)[C@@H]3C[C@H]4[C@H](CC[C@@H]5[C@H]4CN4C[C@H](C)CC[C@@H]4[C@@]5(C)O)[C@@H]3C[C@H](O)[C@@H]1C[C@H]2O)c1ccccc1. The van der Waals surface area contributed by atoms with Gasteiger partial charge in [-0.1, -0.05) is 44.2 Å². The fourth-order valence-electron chi connectivity index (χ4n) is 14.9. The highest BCUT2D eigenvalue weighted by atomic mass is 16.5. The summed E-state index contributed by atoms with van der Waals surface area (Å²) in [5, 5.41) is 36.1. The Balaban J connectivity index is 1.02. The molecular formula is C43H67NO4. The summed E-state index contributed by atoms with van der Waals surface area (Å²) in [6.07, 6.45) is 15.3. The molecule has 2 saturated heterocycles. The minimum atomic E-state index is -0.590. The normalized spacial score (nSPS) is 50.6. The van der Waals surface area contributed by atoms with Gasteiger partial charge in [-0.15, -0.1) is 0 Å². The van der Waals surface area contributed by atoms with Crippen LogP contribution in [0.15, 0.2) is 30.3 Å². The van der Waals surface area contributed by atoms with Crippen molar-refractivity contribution in [3.05, 3.63) is 35.9 Å². The van der Waals surface area contributed by atoms with Crippen LogP contribution in [0.25, 0.3) is 0 Å². The van der Waals surface area contributed by atoms with Gasteiger partial charge in [0.15, 0.2) is 0 Å². The number of aliphatic hydroxyl groups is 3. The van der Waals surface area contributed by atoms with Gasteiger partial charge in [0, 0.05) is 32.8 Å². The maximum absolute atomic E-state index is 12.2. The Hall–Kier alpha value is -0.980. The minimum Gasteiger partial charge on any atom is -0.393 e. The molecule has 2 aliphatic heterocycles. The lowest BCUT2D eigenvalue weighted by molar-refractivity contribution is -0.180. The maximum atomic E-state index is 12.2. The molecule has 0 amide bonds. The number of ether oxygens (including phenoxy) is 1. The van der Waals surface area contributed by atoms with Crippen LogP contribution in [0.5, 0.6) is 0 Å². The molecule has 5 heteroatoms. The topological polar surface area (TPSA) is 73.2 Å². The van der Waals surface area contributed by atoms with Gasteiger partial charge in [-0.2, -0.15) is 0 Å². The van der Waals surface area contributed by atoms with Crippen LogP contribution < -0.4 is 0 Å². The molecule has 5 nitrogen and oxygen atoms in total. The van der Waals surface area contributed by atoms with Crippen molar-refractivity contribution < 1.29 is 20.1 Å². The Morgan fingerprint density at radius 2 is 1.69 bits per heavy atom. The van der Waals surface area contributed by atoms with Gasteiger partial charge in [0.1, 0.15) is 0 Å². The van der Waals surface area contributed by atoms with Gasteiger partial charge in [-0.25, -0.2) is 0 Å². The zero-order chi connectivity index (χ0) is 33.4. The Kier molecular flexibility index (Phi) is 9.17. The number of benzene rings is 1. The molecule has 268 valence electrons. The first-order chi connectivity index (χ1) is 23.0. The van der Waals surface area contributed by atoms with E-state index in [-0.39, 0.29) is 29.0 Å². The highest BCUT2D eigenvalue weighted by molar-refractivity contribution is 5.21. The summed E-state index contributed by atoms with van der Waals surface area (Å²) >= 11 is 0. The van der Waals surface area contributed by atoms with Gasteiger partial charge in [-0.05, 0) is 172 Å². The summed E-state index contributed by atoms with van der Waals surface area (Å²) in [7, 11) is 1.81. The van der Waals surface area contributed by atoms with Crippen LogP contribution in [0.1, 0.15) is 122 Å². The van der Waals surface area contributed by atoms with E-state index in [0.29, 0.717) is 53.4 Å². The smallest absolute Gasteiger partial charge is 0.0805 e. The Morgan fingerprint density at radius 1 is 0.875 bits per heavy atom. The van der Waals surface area contributed by atoms with Gasteiger partial charge in [0.05, 0.1) is 17.8 Å². The summed E-state index contributed by atoms with van der Waals surface area (Å²) in [6.45, 7) is 10.3. The second kappa shape index (κ2) is 12.9. The Labute approximate surface area is 291 Å². The number of aliphatic hydroxyl groups excluding tert-OH is 2. The molecule has 1 aromatic rings. The Morgan fingerprint density at radius 3 is 2.48 bits per heavy atom. The van der Waals surface area contributed by atoms with Crippen LogP contribution in [0.2, 0.25) is 0 Å². The van der Waals surface area contributed by atoms with Gasteiger partial charge in [0.25, 0.3) is 0 Å². The van der Waals surface area contributed by atoms with Crippen molar-refractivity contribution in [2.45, 2.75) is 140 Å². The van der Waals surface area contributed by atoms with Crippen LogP contribution in [0, 0.1) is 64.1 Å². The van der Waals surface area contributed by atoms with E-state index in [4.69, 9.17) is 4.74 Å². The summed E-state index contributed by atoms with van der Waals surface area (Å²) in [5.74, 6) is 5.72. The van der Waals surface area contributed by atoms with Gasteiger partial charge < -0.3 is 20.1 Å². The first-order valence-electron chi connectivity index (χ1n) is 20.4. The minimum absolute atomic E-state index is 0.00668. The summed E-state index contributed by atoms with van der Waals surface area (Å²) < 4.78 is 5.44. The van der Waals surface area contributed by atoms with Gasteiger partial charge in [-0.3, -0.25) is 4.90 Å². The van der Waals surface area contributed by atoms with Crippen LogP contribution in [0.4, 0.5) is 0 Å². The van der Waals surface area contributed by atoms with Gasteiger partial charge >= 0.3 is 0 Å². The predicted octanol–water partition coefficient (Wildman–Crippen LogP) is 7.68. The van der Waals surface area contributed by atoms with Crippen molar-refractivity contribution in [1.82, 2.24) is 4.90 Å². The zero-order valence-electron chi connectivity index (χ0n) is 30.6. The molecule has 5 saturated carbocycles. The third-order valence-electron chi connectivity index (χ3n) is 16.9. The van der Waals surface area contributed by atoms with Crippen LogP contribution in [0.3, 0.4) is 0 Å². The molecular weight excluding hydrogens is 594 g/mol. The molecule has 5 aliphatic carbocycles. The summed E-state index contributed by atoms with van der Waals surface area (Å²) in [6, 6.07) is 11.5. The van der Waals surface area contributed by atoms with Crippen molar-refractivity contribution in [2.24, 2.45) is 64.1 Å².